The zero-order valence-corrected chi connectivity index (χ0v) is 47.3. The SMILES string of the molecule is COCCCc1cc(NC(=O)N(C)c2ccc(CN3CCN(C)CC3=O)c(C=O)n2)ncc1C#CC(C)(C)C.COCCCc1cc(NC(=O)N(C)c2ccc(CN3CCN(C)CC3=O)c(C=O)n2)ncc1C#CC1CCCC1. The summed E-state index contributed by atoms with van der Waals surface area (Å²) in [5.74, 6) is 15.0. The number of anilines is 4. The minimum Gasteiger partial charge on any atom is -0.385 e. The lowest BCUT2D eigenvalue weighted by Crippen LogP contribution is -2.48. The molecule has 0 aromatic carbocycles. The number of aldehydes is 2. The summed E-state index contributed by atoms with van der Waals surface area (Å²) in [6.45, 7) is 11.4. The molecule has 4 aromatic rings. The van der Waals surface area contributed by atoms with Crippen LogP contribution in [0, 0.1) is 35.0 Å². The van der Waals surface area contributed by atoms with E-state index in [1.54, 1.807) is 74.8 Å². The minimum atomic E-state index is -0.454. The van der Waals surface area contributed by atoms with Crippen molar-refractivity contribution in [2.75, 3.05) is 115 Å². The van der Waals surface area contributed by atoms with Gasteiger partial charge in [0.05, 0.1) is 13.1 Å². The number of urea groups is 2. The third-order valence-electron chi connectivity index (χ3n) is 13.6. The molecule has 79 heavy (non-hydrogen) atoms. The summed E-state index contributed by atoms with van der Waals surface area (Å²) in [4.78, 5) is 102. The second-order valence-corrected chi connectivity index (χ2v) is 21.1. The fourth-order valence-corrected chi connectivity index (χ4v) is 8.91. The van der Waals surface area contributed by atoms with Crippen molar-refractivity contribution in [3.8, 4) is 23.7 Å². The maximum Gasteiger partial charge on any atom is 0.328 e. The number of carbonyl (C=O) groups excluding carboxylic acids is 6. The van der Waals surface area contributed by atoms with Crippen molar-refractivity contribution in [2.45, 2.75) is 85.2 Å². The summed E-state index contributed by atoms with van der Waals surface area (Å²) in [6.07, 6.45) is 12.6. The first-order valence-electron chi connectivity index (χ1n) is 26.8. The van der Waals surface area contributed by atoms with Crippen molar-refractivity contribution in [3.05, 3.63) is 93.6 Å². The van der Waals surface area contributed by atoms with E-state index in [1.165, 1.54) is 22.6 Å². The highest BCUT2D eigenvalue weighted by Gasteiger charge is 2.26. The molecule has 2 aliphatic heterocycles. The number of nitrogens with zero attached hydrogens (tertiary/aromatic N) is 10. The number of pyridine rings is 4. The number of hydrogen-bond donors (Lipinski definition) is 2. The Labute approximate surface area is 465 Å². The van der Waals surface area contributed by atoms with Crippen LogP contribution in [0.2, 0.25) is 0 Å². The molecule has 420 valence electrons. The molecule has 2 saturated heterocycles. The summed E-state index contributed by atoms with van der Waals surface area (Å²) in [7, 11) is 10.3. The molecule has 0 atom stereocenters. The van der Waals surface area contributed by atoms with Gasteiger partial charge in [0.15, 0.2) is 12.6 Å². The molecule has 3 aliphatic rings. The Kier molecular flexibility index (Phi) is 22.5. The lowest BCUT2D eigenvalue weighted by atomic mass is 9.96. The molecule has 0 unspecified atom stereocenters. The largest absolute Gasteiger partial charge is 0.385 e. The fraction of sp³-hybridized carbons (Fsp3) is 0.492. The molecule has 0 bridgehead atoms. The van der Waals surface area contributed by atoms with Crippen LogP contribution < -0.4 is 20.4 Å². The van der Waals surface area contributed by atoms with E-state index in [2.05, 4.69) is 54.3 Å². The Balaban J connectivity index is 0.000000255. The Morgan fingerprint density at radius 2 is 1.13 bits per heavy atom. The standard InChI is InChI=1S/C30H38N6O4.C29H38N6O4/c1-34-14-15-36(29(38)20-34)19-25-12-13-28(32-26(25)21-37)35(2)30(39)33-27-17-23(9-6-16-40-3)24(18-31-27)11-10-22-7-4-5-8-22;1-29(2,3)12-11-22-17-30-25(16-21(22)8-7-15-39-6)32-28(38)34(5)26-10-9-23(24(20-36)31-26)18-35-14-13-33(4)19-27(35)37/h12-13,17-18,21-22H,4-9,14-16,19-20H2,1-3H3,(H,31,33,39);9-10,16-17,20H,7-8,13-15,18-19H2,1-6H3,(H,30,32,38). The predicted molar refractivity (Wildman–Crippen MR) is 304 cm³/mol. The van der Waals surface area contributed by atoms with Gasteiger partial charge in [0.1, 0.15) is 34.7 Å². The number of amides is 6. The number of aromatic nitrogens is 4. The van der Waals surface area contributed by atoms with Gasteiger partial charge in [-0.15, -0.1) is 0 Å². The topological polar surface area (TPSA) is 216 Å². The number of hydrogen-bond acceptors (Lipinski definition) is 14. The lowest BCUT2D eigenvalue weighted by Gasteiger charge is -2.32. The van der Waals surface area contributed by atoms with Gasteiger partial charge in [0.25, 0.3) is 0 Å². The van der Waals surface area contributed by atoms with Gasteiger partial charge < -0.3 is 19.3 Å². The Hall–Kier alpha value is -7.62. The van der Waals surface area contributed by atoms with Gasteiger partial charge in [-0.2, -0.15) is 0 Å². The van der Waals surface area contributed by atoms with Gasteiger partial charge in [-0.1, -0.05) is 48.7 Å². The van der Waals surface area contributed by atoms with E-state index in [1.807, 2.05) is 56.8 Å². The van der Waals surface area contributed by atoms with E-state index in [0.717, 1.165) is 73.9 Å². The van der Waals surface area contributed by atoms with Crippen LogP contribution in [0.3, 0.4) is 0 Å². The van der Waals surface area contributed by atoms with Crippen LogP contribution in [-0.2, 0) is 45.0 Å². The molecule has 4 aromatic heterocycles. The van der Waals surface area contributed by atoms with Gasteiger partial charge in [0, 0.05) is 127 Å². The average Bonchev–Trinajstić information content (AvgIpc) is 3.96. The third kappa shape index (κ3) is 18.2. The van der Waals surface area contributed by atoms with Crippen LogP contribution in [0.1, 0.15) is 114 Å². The van der Waals surface area contributed by atoms with Crippen LogP contribution in [0.15, 0.2) is 48.8 Å². The lowest BCUT2D eigenvalue weighted by molar-refractivity contribution is -0.136. The number of piperazine rings is 2. The van der Waals surface area contributed by atoms with Crippen molar-refractivity contribution in [2.24, 2.45) is 11.3 Å². The summed E-state index contributed by atoms with van der Waals surface area (Å²) in [5.41, 5.74) is 5.20. The molecule has 3 fully saturated rings. The Morgan fingerprint density at radius 3 is 1.53 bits per heavy atom. The Bertz CT molecular complexity index is 2930. The van der Waals surface area contributed by atoms with Crippen molar-refractivity contribution < 1.29 is 38.2 Å². The number of methoxy groups -OCH3 is 2. The zero-order chi connectivity index (χ0) is 57.1. The van der Waals surface area contributed by atoms with Crippen LogP contribution in [0.4, 0.5) is 32.9 Å². The van der Waals surface area contributed by atoms with E-state index < -0.39 is 12.1 Å². The zero-order valence-electron chi connectivity index (χ0n) is 47.3. The van der Waals surface area contributed by atoms with Crippen LogP contribution in [-0.4, -0.2) is 171 Å². The molecular weight excluding hydrogens is 1000 g/mol. The monoisotopic (exact) mass is 1080 g/mol. The number of rotatable bonds is 18. The maximum atomic E-state index is 13.1. The average molecular weight is 1080 g/mol. The van der Waals surface area contributed by atoms with Gasteiger partial charge in [-0.3, -0.25) is 49.4 Å². The third-order valence-corrected chi connectivity index (χ3v) is 13.6. The quantitative estimate of drug-likeness (QED) is 0.0614. The number of carbonyl (C=O) groups is 6. The van der Waals surface area contributed by atoms with Crippen LogP contribution in [0.5, 0.6) is 0 Å². The molecule has 0 radical (unpaired) electrons. The second kappa shape index (κ2) is 29.4. The molecule has 7 rings (SSSR count). The number of ether oxygens (including phenoxy) is 2. The summed E-state index contributed by atoms with van der Waals surface area (Å²) in [6, 6.07) is 9.61. The molecule has 6 amide bonds. The van der Waals surface area contributed by atoms with Crippen LogP contribution >= 0.6 is 0 Å². The van der Waals surface area contributed by atoms with E-state index in [9.17, 15) is 28.8 Å². The molecule has 20 nitrogen and oxygen atoms in total. The highest BCUT2D eigenvalue weighted by Crippen LogP contribution is 2.25. The minimum absolute atomic E-state index is 0.00525. The molecule has 1 aliphatic carbocycles. The fourth-order valence-electron chi connectivity index (χ4n) is 8.91. The van der Waals surface area contributed by atoms with E-state index in [0.29, 0.717) is 105 Å². The number of nitrogens with one attached hydrogen (secondary N) is 2. The maximum absolute atomic E-state index is 13.1. The molecule has 2 N–H and O–H groups in total. The Morgan fingerprint density at radius 1 is 0.684 bits per heavy atom. The summed E-state index contributed by atoms with van der Waals surface area (Å²) in [5, 5.41) is 5.64. The van der Waals surface area contributed by atoms with Crippen molar-refractivity contribution in [1.29, 1.82) is 0 Å². The highest BCUT2D eigenvalue weighted by molar-refractivity contribution is 6.01. The van der Waals surface area contributed by atoms with Crippen molar-refractivity contribution >= 4 is 59.7 Å². The first-order chi connectivity index (χ1) is 37.9. The first-order valence-corrected chi connectivity index (χ1v) is 26.8. The molecule has 0 spiro atoms. The summed E-state index contributed by atoms with van der Waals surface area (Å²) >= 11 is 0. The van der Waals surface area contributed by atoms with Crippen LogP contribution in [0.25, 0.3) is 0 Å². The molecule has 20 heteroatoms. The van der Waals surface area contributed by atoms with Gasteiger partial charge in [-0.25, -0.2) is 29.5 Å². The molecule has 1 saturated carbocycles. The smallest absolute Gasteiger partial charge is 0.328 e. The van der Waals surface area contributed by atoms with Gasteiger partial charge >= 0.3 is 12.1 Å². The first kappa shape index (κ1) is 60.6. The van der Waals surface area contributed by atoms with E-state index >= 15 is 0 Å². The van der Waals surface area contributed by atoms with Crippen molar-refractivity contribution in [1.82, 2.24) is 39.5 Å². The molecular formula is C59H76N12O8. The van der Waals surface area contributed by atoms with Crippen molar-refractivity contribution in [3.63, 3.8) is 0 Å². The summed E-state index contributed by atoms with van der Waals surface area (Å²) < 4.78 is 10.4. The normalized spacial score (nSPS) is 15.0. The molecule has 6 heterocycles. The van der Waals surface area contributed by atoms with Gasteiger partial charge in [-0.05, 0) is 109 Å². The van der Waals surface area contributed by atoms with E-state index in [4.69, 9.17) is 9.47 Å². The number of aryl methyl sites for hydroxylation is 2. The number of likely N-dealkylation sites (N-methyl/N-ethyl adjacent to an activating group) is 2. The van der Waals surface area contributed by atoms with Gasteiger partial charge in [0.2, 0.25) is 11.8 Å². The predicted octanol–water partition coefficient (Wildman–Crippen LogP) is 6.56. The highest BCUT2D eigenvalue weighted by atomic mass is 16.5. The second-order valence-electron chi connectivity index (χ2n) is 21.1. The van der Waals surface area contributed by atoms with E-state index in [-0.39, 0.29) is 28.6 Å².